The number of halogens is 2. The Morgan fingerprint density at radius 3 is 2.42 bits per heavy atom. The lowest BCUT2D eigenvalue weighted by atomic mass is 10.0. The van der Waals surface area contributed by atoms with Crippen LogP contribution in [0.2, 0.25) is 10.0 Å². The minimum absolute atomic E-state index is 0.150. The summed E-state index contributed by atoms with van der Waals surface area (Å²) in [6, 6.07) is 18.6. The van der Waals surface area contributed by atoms with Crippen molar-refractivity contribution in [1.82, 2.24) is 14.5 Å². The summed E-state index contributed by atoms with van der Waals surface area (Å²) in [5, 5.41) is 4.03. The maximum Gasteiger partial charge on any atom is 0.263 e. The third-order valence-corrected chi connectivity index (χ3v) is 6.05. The van der Waals surface area contributed by atoms with Crippen LogP contribution < -0.4 is 16.6 Å². The van der Waals surface area contributed by atoms with Gasteiger partial charge in [0.05, 0.1) is 21.3 Å². The van der Waals surface area contributed by atoms with E-state index >= 15 is 0 Å². The Hall–Kier alpha value is -3.19. The van der Waals surface area contributed by atoms with Crippen molar-refractivity contribution in [3.05, 3.63) is 99.0 Å². The van der Waals surface area contributed by atoms with Crippen molar-refractivity contribution in [2.24, 2.45) is 12.8 Å². The average molecular weight is 480 g/mol. The van der Waals surface area contributed by atoms with Crippen LogP contribution in [-0.2, 0) is 13.5 Å². The fraction of sp³-hybridized carbons (Fsp3) is 0.160. The van der Waals surface area contributed by atoms with Gasteiger partial charge in [0.25, 0.3) is 5.56 Å². The third kappa shape index (κ3) is 5.25. The fourth-order valence-corrected chi connectivity index (χ4v) is 3.90. The molecular weight excluding hydrogens is 457 g/mol. The summed E-state index contributed by atoms with van der Waals surface area (Å²) >= 11 is 12.3. The first-order valence-corrected chi connectivity index (χ1v) is 11.2. The minimum Gasteiger partial charge on any atom is -0.354 e. The number of nitrogens with two attached hydrogens (primary N) is 1. The Balaban J connectivity index is 1.71. The van der Waals surface area contributed by atoms with Crippen molar-refractivity contribution in [3.63, 3.8) is 0 Å². The molecule has 2 aromatic heterocycles. The van der Waals surface area contributed by atoms with Crippen molar-refractivity contribution in [2.75, 3.05) is 11.9 Å². The molecule has 0 saturated carbocycles. The first kappa shape index (κ1) is 23.0. The van der Waals surface area contributed by atoms with Gasteiger partial charge in [-0.3, -0.25) is 14.3 Å². The topological polar surface area (TPSA) is 85.8 Å². The fourth-order valence-electron chi connectivity index (χ4n) is 3.60. The largest absolute Gasteiger partial charge is 0.354 e. The lowest BCUT2D eigenvalue weighted by molar-refractivity contribution is 0.688. The van der Waals surface area contributed by atoms with E-state index in [4.69, 9.17) is 33.9 Å². The zero-order valence-corrected chi connectivity index (χ0v) is 19.5. The highest BCUT2D eigenvalue weighted by Gasteiger charge is 2.19. The van der Waals surface area contributed by atoms with E-state index < -0.39 is 0 Å². The van der Waals surface area contributed by atoms with Gasteiger partial charge in [0, 0.05) is 37.6 Å². The second-order valence-corrected chi connectivity index (χ2v) is 8.53. The number of anilines is 1. The molecule has 33 heavy (non-hydrogen) atoms. The molecule has 6 nitrogen and oxygen atoms in total. The molecule has 0 amide bonds. The van der Waals surface area contributed by atoms with Crippen molar-refractivity contribution in [2.45, 2.75) is 12.5 Å². The van der Waals surface area contributed by atoms with Crippen molar-refractivity contribution in [3.8, 4) is 22.4 Å². The summed E-state index contributed by atoms with van der Waals surface area (Å²) in [4.78, 5) is 22.4. The highest BCUT2D eigenvalue weighted by molar-refractivity contribution is 6.42. The van der Waals surface area contributed by atoms with E-state index in [1.54, 1.807) is 37.6 Å². The van der Waals surface area contributed by atoms with Gasteiger partial charge in [0.2, 0.25) is 5.95 Å². The van der Waals surface area contributed by atoms with E-state index in [1.165, 1.54) is 4.57 Å². The van der Waals surface area contributed by atoms with E-state index in [1.807, 2.05) is 42.5 Å². The van der Waals surface area contributed by atoms with Gasteiger partial charge in [-0.05, 0) is 41.8 Å². The lowest BCUT2D eigenvalue weighted by Crippen LogP contribution is -2.34. The van der Waals surface area contributed by atoms with Crippen LogP contribution >= 0.6 is 23.2 Å². The molecule has 0 aliphatic rings. The van der Waals surface area contributed by atoms with Crippen LogP contribution in [0, 0.1) is 0 Å². The van der Waals surface area contributed by atoms with Gasteiger partial charge in [-0.25, -0.2) is 4.98 Å². The van der Waals surface area contributed by atoms with Gasteiger partial charge < -0.3 is 11.1 Å². The Labute approximate surface area is 202 Å². The molecule has 3 N–H and O–H groups in total. The molecule has 4 aromatic rings. The number of hydrogen-bond donors (Lipinski definition) is 2. The zero-order chi connectivity index (χ0) is 23.4. The summed E-state index contributed by atoms with van der Waals surface area (Å²) < 4.78 is 1.48. The van der Waals surface area contributed by atoms with Crippen LogP contribution in [0.25, 0.3) is 22.4 Å². The van der Waals surface area contributed by atoms with Crippen molar-refractivity contribution >= 4 is 29.2 Å². The van der Waals surface area contributed by atoms with Gasteiger partial charge in [-0.15, -0.1) is 0 Å². The second kappa shape index (κ2) is 10.2. The predicted octanol–water partition coefficient (Wildman–Crippen LogP) is 4.80. The van der Waals surface area contributed by atoms with Crippen LogP contribution in [0.1, 0.15) is 5.56 Å². The van der Waals surface area contributed by atoms with E-state index in [0.717, 1.165) is 11.1 Å². The molecule has 8 heteroatoms. The molecule has 2 aromatic carbocycles. The van der Waals surface area contributed by atoms with Crippen molar-refractivity contribution < 1.29 is 0 Å². The Bertz CT molecular complexity index is 1310. The molecule has 4 rings (SSSR count). The predicted molar refractivity (Wildman–Crippen MR) is 135 cm³/mol. The van der Waals surface area contributed by atoms with E-state index in [-0.39, 0.29) is 11.6 Å². The number of nitrogens with one attached hydrogen (secondary N) is 1. The normalized spacial score (nSPS) is 11.9. The Morgan fingerprint density at radius 2 is 1.73 bits per heavy atom. The number of aromatic nitrogens is 3. The monoisotopic (exact) mass is 479 g/mol. The molecule has 0 aliphatic carbocycles. The molecule has 168 valence electrons. The summed E-state index contributed by atoms with van der Waals surface area (Å²) in [5.74, 6) is 0.430. The molecule has 0 saturated heterocycles. The van der Waals surface area contributed by atoms with Crippen LogP contribution in [0.4, 0.5) is 5.95 Å². The highest BCUT2D eigenvalue weighted by atomic mass is 35.5. The van der Waals surface area contributed by atoms with E-state index in [0.29, 0.717) is 45.8 Å². The number of pyridine rings is 1. The number of rotatable bonds is 7. The summed E-state index contributed by atoms with van der Waals surface area (Å²) in [7, 11) is 1.68. The van der Waals surface area contributed by atoms with E-state index in [2.05, 4.69) is 10.3 Å². The molecular formula is C25H23Cl2N5O. The highest BCUT2D eigenvalue weighted by Crippen LogP contribution is 2.32. The summed E-state index contributed by atoms with van der Waals surface area (Å²) in [6.07, 6.45) is 4.03. The molecule has 0 aliphatic heterocycles. The quantitative estimate of drug-likeness (QED) is 0.397. The maximum atomic E-state index is 13.5. The molecule has 1 atom stereocenters. The van der Waals surface area contributed by atoms with Gasteiger partial charge in [0.1, 0.15) is 0 Å². The summed E-state index contributed by atoms with van der Waals surface area (Å²) in [6.45, 7) is 0.455. The molecule has 0 bridgehead atoms. The van der Waals surface area contributed by atoms with Crippen LogP contribution in [0.15, 0.2) is 77.9 Å². The molecule has 2 heterocycles. The molecule has 0 spiro atoms. The zero-order valence-electron chi connectivity index (χ0n) is 18.0. The van der Waals surface area contributed by atoms with Gasteiger partial charge in [-0.2, -0.15) is 0 Å². The maximum absolute atomic E-state index is 13.5. The minimum atomic E-state index is -0.214. The Kier molecular flexibility index (Phi) is 7.08. The Morgan fingerprint density at radius 1 is 1.00 bits per heavy atom. The standard InChI is InChI=1S/C25H23Cl2N5O/c1-32-24(33)22(18-7-8-20(26)21(27)14-18)23(17-9-11-29-12-10-17)31-25(32)30-15-19(28)13-16-5-3-2-4-6-16/h2-12,14,19H,13,15,28H2,1H3,(H,30,31)/t19-/m0/s1. The SMILES string of the molecule is Cn1c(NC[C@@H](N)Cc2ccccc2)nc(-c2ccncc2)c(-c2ccc(Cl)c(Cl)c2)c1=O. The first-order valence-electron chi connectivity index (χ1n) is 10.4. The number of nitrogens with zero attached hydrogens (tertiary/aromatic N) is 3. The first-order chi connectivity index (χ1) is 15.9. The van der Waals surface area contributed by atoms with E-state index in [9.17, 15) is 4.79 Å². The van der Waals surface area contributed by atoms with Crippen LogP contribution in [-0.4, -0.2) is 27.1 Å². The van der Waals surface area contributed by atoms with Crippen LogP contribution in [0.5, 0.6) is 0 Å². The molecule has 0 radical (unpaired) electrons. The summed E-state index contributed by atoms with van der Waals surface area (Å²) in [5.41, 5.74) is 9.63. The smallest absolute Gasteiger partial charge is 0.263 e. The van der Waals surface area contributed by atoms with Crippen LogP contribution in [0.3, 0.4) is 0 Å². The lowest BCUT2D eigenvalue weighted by Gasteiger charge is -2.18. The molecule has 0 unspecified atom stereocenters. The number of hydrogen-bond acceptors (Lipinski definition) is 5. The van der Waals surface area contributed by atoms with Gasteiger partial charge in [0.15, 0.2) is 0 Å². The molecule has 0 fully saturated rings. The second-order valence-electron chi connectivity index (χ2n) is 7.72. The van der Waals surface area contributed by atoms with Gasteiger partial charge >= 0.3 is 0 Å². The van der Waals surface area contributed by atoms with Gasteiger partial charge in [-0.1, -0.05) is 59.6 Å². The van der Waals surface area contributed by atoms with Crippen molar-refractivity contribution in [1.29, 1.82) is 0 Å². The third-order valence-electron chi connectivity index (χ3n) is 5.32. The average Bonchev–Trinajstić information content (AvgIpc) is 2.83. The number of benzene rings is 2.